The van der Waals surface area contributed by atoms with Gasteiger partial charge in [-0.2, -0.15) is 5.26 Å². The lowest BCUT2D eigenvalue weighted by molar-refractivity contribution is 0.0341. The van der Waals surface area contributed by atoms with Gasteiger partial charge in [0.1, 0.15) is 0 Å². The highest BCUT2D eigenvalue weighted by molar-refractivity contribution is 4.99. The van der Waals surface area contributed by atoms with Gasteiger partial charge in [-0.25, -0.2) is 0 Å². The van der Waals surface area contributed by atoms with Gasteiger partial charge in [0.05, 0.1) is 12.0 Å². The molecule has 1 aliphatic carbocycles. The van der Waals surface area contributed by atoms with Crippen LogP contribution in [0.1, 0.15) is 39.0 Å². The predicted octanol–water partition coefficient (Wildman–Crippen LogP) is 2.09. The smallest absolute Gasteiger partial charge is 0.0672 e. The maximum Gasteiger partial charge on any atom is 0.0672 e. The van der Waals surface area contributed by atoms with Crippen LogP contribution in [0.15, 0.2) is 0 Å². The van der Waals surface area contributed by atoms with E-state index in [1.54, 1.807) is 0 Å². The van der Waals surface area contributed by atoms with Crippen LogP contribution >= 0.6 is 0 Å². The van der Waals surface area contributed by atoms with Crippen molar-refractivity contribution in [2.24, 2.45) is 11.8 Å². The molecule has 3 aliphatic rings. The molecular formula is C15H25N3. The molecule has 2 heterocycles. The largest absolute Gasteiger partial charge is 0.298 e. The van der Waals surface area contributed by atoms with E-state index in [0.717, 1.165) is 18.4 Å². The van der Waals surface area contributed by atoms with Crippen molar-refractivity contribution in [2.45, 2.75) is 51.1 Å². The van der Waals surface area contributed by atoms with Crippen LogP contribution in [0.4, 0.5) is 0 Å². The molecule has 100 valence electrons. The average Bonchev–Trinajstić information content (AvgIpc) is 2.85. The second-order valence-electron chi connectivity index (χ2n) is 6.55. The monoisotopic (exact) mass is 247 g/mol. The van der Waals surface area contributed by atoms with Crippen LogP contribution < -0.4 is 0 Å². The molecule has 4 unspecified atom stereocenters. The topological polar surface area (TPSA) is 30.3 Å². The third kappa shape index (κ3) is 2.29. The third-order valence-corrected chi connectivity index (χ3v) is 5.33. The van der Waals surface area contributed by atoms with E-state index in [0.29, 0.717) is 6.04 Å². The van der Waals surface area contributed by atoms with Crippen LogP contribution in [0.2, 0.25) is 0 Å². The van der Waals surface area contributed by atoms with Crippen molar-refractivity contribution in [3.63, 3.8) is 0 Å². The predicted molar refractivity (Wildman–Crippen MR) is 72.1 cm³/mol. The van der Waals surface area contributed by atoms with Gasteiger partial charge in [0.15, 0.2) is 0 Å². The fraction of sp³-hybridized carbons (Fsp3) is 0.933. The van der Waals surface area contributed by atoms with Gasteiger partial charge in [0.2, 0.25) is 0 Å². The van der Waals surface area contributed by atoms with Crippen LogP contribution in [0.3, 0.4) is 0 Å². The fourth-order valence-electron chi connectivity index (χ4n) is 4.22. The minimum absolute atomic E-state index is 0.286. The number of hydrogen-bond acceptors (Lipinski definition) is 3. The summed E-state index contributed by atoms with van der Waals surface area (Å²) in [7, 11) is 0. The summed E-state index contributed by atoms with van der Waals surface area (Å²) in [6.45, 7) is 7.29. The van der Waals surface area contributed by atoms with E-state index in [9.17, 15) is 5.26 Å². The highest BCUT2D eigenvalue weighted by atomic mass is 15.3. The number of rotatable bonds is 1. The highest BCUT2D eigenvalue weighted by Gasteiger charge is 2.38. The minimum atomic E-state index is 0.286. The van der Waals surface area contributed by atoms with E-state index in [2.05, 4.69) is 22.8 Å². The lowest BCUT2D eigenvalue weighted by Gasteiger charge is -2.45. The van der Waals surface area contributed by atoms with Crippen molar-refractivity contribution in [1.29, 1.82) is 5.26 Å². The van der Waals surface area contributed by atoms with Crippen molar-refractivity contribution in [3.8, 4) is 6.07 Å². The Hall–Kier alpha value is -0.590. The third-order valence-electron chi connectivity index (χ3n) is 5.33. The maximum absolute atomic E-state index is 9.38. The Morgan fingerprint density at radius 2 is 1.89 bits per heavy atom. The molecule has 1 saturated carbocycles. The Morgan fingerprint density at radius 1 is 1.06 bits per heavy atom. The van der Waals surface area contributed by atoms with Crippen LogP contribution in [-0.2, 0) is 0 Å². The molecule has 0 bridgehead atoms. The molecule has 3 nitrogen and oxygen atoms in total. The van der Waals surface area contributed by atoms with Gasteiger partial charge in [0.25, 0.3) is 0 Å². The molecule has 0 spiro atoms. The summed E-state index contributed by atoms with van der Waals surface area (Å²) in [6.07, 6.45) is 6.35. The molecule has 18 heavy (non-hydrogen) atoms. The molecule has 0 aromatic rings. The molecular weight excluding hydrogens is 222 g/mol. The number of hydrogen-bond donors (Lipinski definition) is 0. The molecule has 0 amide bonds. The highest BCUT2D eigenvalue weighted by Crippen LogP contribution is 2.34. The summed E-state index contributed by atoms with van der Waals surface area (Å²) < 4.78 is 0. The number of fused-ring (bicyclic) bond motifs is 1. The first-order valence-corrected chi connectivity index (χ1v) is 7.65. The molecule has 3 heteroatoms. The lowest BCUT2D eigenvalue weighted by Crippen LogP contribution is -2.56. The van der Waals surface area contributed by atoms with Crippen molar-refractivity contribution < 1.29 is 0 Å². The zero-order chi connectivity index (χ0) is 12.5. The summed E-state index contributed by atoms with van der Waals surface area (Å²) in [5.74, 6) is 1.09. The molecule has 3 rings (SSSR count). The normalized spacial score (nSPS) is 42.4. The fourth-order valence-corrected chi connectivity index (χ4v) is 4.22. The zero-order valence-corrected chi connectivity index (χ0v) is 11.5. The van der Waals surface area contributed by atoms with Gasteiger partial charge < -0.3 is 0 Å². The van der Waals surface area contributed by atoms with Crippen molar-refractivity contribution in [1.82, 2.24) is 9.80 Å². The van der Waals surface area contributed by atoms with Crippen LogP contribution in [-0.4, -0.2) is 48.1 Å². The van der Waals surface area contributed by atoms with Gasteiger partial charge in [-0.15, -0.1) is 0 Å². The lowest BCUT2D eigenvalue weighted by atomic mass is 9.78. The quantitative estimate of drug-likeness (QED) is 0.711. The van der Waals surface area contributed by atoms with E-state index >= 15 is 0 Å². The summed E-state index contributed by atoms with van der Waals surface area (Å²) in [6, 6.07) is 3.91. The Kier molecular flexibility index (Phi) is 3.59. The van der Waals surface area contributed by atoms with E-state index in [-0.39, 0.29) is 5.92 Å². The average molecular weight is 247 g/mol. The first-order chi connectivity index (χ1) is 8.78. The van der Waals surface area contributed by atoms with Crippen LogP contribution in [0.25, 0.3) is 0 Å². The summed E-state index contributed by atoms with van der Waals surface area (Å²) in [5.41, 5.74) is 0. The van der Waals surface area contributed by atoms with Crippen LogP contribution in [0.5, 0.6) is 0 Å². The van der Waals surface area contributed by atoms with E-state index < -0.39 is 0 Å². The first-order valence-electron chi connectivity index (χ1n) is 7.65. The molecule has 0 aromatic carbocycles. The summed E-state index contributed by atoms with van der Waals surface area (Å²) in [5, 5.41) is 9.38. The van der Waals surface area contributed by atoms with Gasteiger partial charge in [-0.05, 0) is 44.6 Å². The van der Waals surface area contributed by atoms with Crippen molar-refractivity contribution >= 4 is 0 Å². The molecule has 2 aliphatic heterocycles. The summed E-state index contributed by atoms with van der Waals surface area (Å²) >= 11 is 0. The molecule has 4 atom stereocenters. The van der Waals surface area contributed by atoms with Crippen LogP contribution in [0, 0.1) is 23.2 Å². The molecule has 2 saturated heterocycles. The van der Waals surface area contributed by atoms with E-state index in [4.69, 9.17) is 0 Å². The first kappa shape index (κ1) is 12.4. The standard InChI is InChI=1S/C15H25N3/c1-12-4-5-13(10-16)15(9-12)18-8-7-17-6-2-3-14(17)11-18/h12-15H,2-9,11H2,1H3. The second kappa shape index (κ2) is 5.19. The molecule has 3 fully saturated rings. The number of nitrogens with zero attached hydrogens (tertiary/aromatic N) is 3. The van der Waals surface area contributed by atoms with E-state index in [1.165, 1.54) is 51.9 Å². The van der Waals surface area contributed by atoms with Gasteiger partial charge in [-0.3, -0.25) is 9.80 Å². The maximum atomic E-state index is 9.38. The van der Waals surface area contributed by atoms with Gasteiger partial charge in [-0.1, -0.05) is 6.92 Å². The van der Waals surface area contributed by atoms with Crippen molar-refractivity contribution in [3.05, 3.63) is 0 Å². The Morgan fingerprint density at radius 3 is 2.72 bits per heavy atom. The summed E-state index contributed by atoms with van der Waals surface area (Å²) in [4.78, 5) is 5.31. The van der Waals surface area contributed by atoms with E-state index in [1.807, 2.05) is 0 Å². The molecule has 0 radical (unpaired) electrons. The Bertz CT molecular complexity index is 335. The Labute approximate surface area is 111 Å². The van der Waals surface area contributed by atoms with Gasteiger partial charge >= 0.3 is 0 Å². The van der Waals surface area contributed by atoms with Crippen molar-refractivity contribution in [2.75, 3.05) is 26.2 Å². The Balaban J connectivity index is 1.67. The zero-order valence-electron chi connectivity index (χ0n) is 11.5. The second-order valence-corrected chi connectivity index (χ2v) is 6.55. The minimum Gasteiger partial charge on any atom is -0.298 e. The number of piperazine rings is 1. The number of nitriles is 1. The SMILES string of the molecule is CC1CCC(C#N)C(N2CCN3CCCC3C2)C1. The molecule has 0 N–H and O–H groups in total. The van der Waals surface area contributed by atoms with Gasteiger partial charge in [0, 0.05) is 31.7 Å². The molecule has 0 aromatic heterocycles.